The number of rotatable bonds is 9. The SMILES string of the molecule is CCOc1c(Cl)cc(/C=C2\SC(=O)N(CC(=O)NCCCOC)C2=O)cc1Cl. The van der Waals surface area contributed by atoms with Crippen molar-refractivity contribution >= 4 is 58.1 Å². The quantitative estimate of drug-likeness (QED) is 0.460. The Morgan fingerprint density at radius 1 is 1.29 bits per heavy atom. The monoisotopic (exact) mass is 446 g/mol. The van der Waals surface area contributed by atoms with Crippen LogP contribution >= 0.6 is 35.0 Å². The van der Waals surface area contributed by atoms with E-state index in [0.29, 0.717) is 47.5 Å². The van der Waals surface area contributed by atoms with E-state index < -0.39 is 17.1 Å². The van der Waals surface area contributed by atoms with Gasteiger partial charge >= 0.3 is 0 Å². The highest BCUT2D eigenvalue weighted by molar-refractivity contribution is 8.18. The predicted molar refractivity (Wildman–Crippen MR) is 110 cm³/mol. The first-order chi connectivity index (χ1) is 13.4. The van der Waals surface area contributed by atoms with Crippen molar-refractivity contribution in [2.75, 3.05) is 33.4 Å². The third-order valence-electron chi connectivity index (χ3n) is 3.63. The molecule has 3 amide bonds. The lowest BCUT2D eigenvalue weighted by atomic mass is 10.2. The largest absolute Gasteiger partial charge is 0.491 e. The van der Waals surface area contributed by atoms with Crippen LogP contribution in [0.25, 0.3) is 6.08 Å². The standard InChI is InChI=1S/C18H20Cl2N2O5S/c1-3-27-16-12(19)7-11(8-13(16)20)9-14-17(24)22(18(25)28-14)10-15(23)21-5-4-6-26-2/h7-9H,3-6,10H2,1-2H3,(H,21,23)/b14-9-. The van der Waals surface area contributed by atoms with E-state index in [-0.39, 0.29) is 11.4 Å². The Morgan fingerprint density at radius 2 is 1.96 bits per heavy atom. The van der Waals surface area contributed by atoms with E-state index in [1.165, 1.54) is 6.08 Å². The van der Waals surface area contributed by atoms with Crippen molar-refractivity contribution in [2.45, 2.75) is 13.3 Å². The number of nitrogens with zero attached hydrogens (tertiary/aromatic N) is 1. The van der Waals surface area contributed by atoms with Crippen LogP contribution in [-0.2, 0) is 14.3 Å². The minimum atomic E-state index is -0.539. The number of ether oxygens (including phenoxy) is 2. The summed E-state index contributed by atoms with van der Waals surface area (Å²) < 4.78 is 10.3. The number of amides is 3. The molecule has 1 heterocycles. The molecule has 152 valence electrons. The molecule has 0 spiro atoms. The fraction of sp³-hybridized carbons (Fsp3) is 0.389. The highest BCUT2D eigenvalue weighted by atomic mass is 35.5. The number of methoxy groups -OCH3 is 1. The van der Waals surface area contributed by atoms with Gasteiger partial charge < -0.3 is 14.8 Å². The molecule has 1 aliphatic heterocycles. The maximum Gasteiger partial charge on any atom is 0.294 e. The van der Waals surface area contributed by atoms with Gasteiger partial charge in [0, 0.05) is 20.3 Å². The van der Waals surface area contributed by atoms with Crippen LogP contribution in [0.2, 0.25) is 10.0 Å². The van der Waals surface area contributed by atoms with Crippen molar-refractivity contribution in [3.05, 3.63) is 32.6 Å². The first kappa shape index (κ1) is 22.5. The van der Waals surface area contributed by atoms with E-state index in [0.717, 1.165) is 16.7 Å². The number of hydrogen-bond donors (Lipinski definition) is 1. The molecule has 0 bridgehead atoms. The molecule has 1 N–H and O–H groups in total. The molecule has 0 atom stereocenters. The Labute approximate surface area is 177 Å². The average molecular weight is 447 g/mol. The smallest absolute Gasteiger partial charge is 0.294 e. The average Bonchev–Trinajstić information content (AvgIpc) is 2.89. The topological polar surface area (TPSA) is 84.9 Å². The van der Waals surface area contributed by atoms with Gasteiger partial charge in [0.05, 0.1) is 21.6 Å². The summed E-state index contributed by atoms with van der Waals surface area (Å²) in [6.07, 6.45) is 2.15. The number of carbonyl (C=O) groups excluding carboxylic acids is 3. The molecule has 0 saturated carbocycles. The van der Waals surface area contributed by atoms with E-state index in [9.17, 15) is 14.4 Å². The number of thioether (sulfide) groups is 1. The summed E-state index contributed by atoms with van der Waals surface area (Å²) in [6.45, 7) is 2.80. The van der Waals surface area contributed by atoms with Gasteiger partial charge in [-0.3, -0.25) is 19.3 Å². The maximum absolute atomic E-state index is 12.5. The summed E-state index contributed by atoms with van der Waals surface area (Å²) in [4.78, 5) is 37.6. The summed E-state index contributed by atoms with van der Waals surface area (Å²) in [5.41, 5.74) is 0.549. The fourth-order valence-corrected chi connectivity index (χ4v) is 3.83. The van der Waals surface area contributed by atoms with E-state index in [4.69, 9.17) is 32.7 Å². The molecule has 1 aliphatic rings. The van der Waals surface area contributed by atoms with Crippen molar-refractivity contribution in [3.8, 4) is 5.75 Å². The summed E-state index contributed by atoms with van der Waals surface area (Å²) in [5.74, 6) is -0.587. The lowest BCUT2D eigenvalue weighted by Gasteiger charge is -2.12. The summed E-state index contributed by atoms with van der Waals surface area (Å²) in [6, 6.07) is 3.18. The molecule has 10 heteroatoms. The molecule has 1 saturated heterocycles. The molecule has 7 nitrogen and oxygen atoms in total. The molecule has 1 aromatic rings. The zero-order valence-corrected chi connectivity index (χ0v) is 17.7. The number of carbonyl (C=O) groups is 3. The minimum absolute atomic E-state index is 0.188. The normalized spacial score (nSPS) is 15.4. The lowest BCUT2D eigenvalue weighted by Crippen LogP contribution is -2.39. The Morgan fingerprint density at radius 3 is 2.57 bits per heavy atom. The Balaban J connectivity index is 2.07. The zero-order valence-electron chi connectivity index (χ0n) is 15.4. The molecule has 0 radical (unpaired) electrons. The van der Waals surface area contributed by atoms with Crippen molar-refractivity contribution in [2.24, 2.45) is 0 Å². The van der Waals surface area contributed by atoms with Crippen molar-refractivity contribution in [1.82, 2.24) is 10.2 Å². The second-order valence-electron chi connectivity index (χ2n) is 5.71. The summed E-state index contributed by atoms with van der Waals surface area (Å²) in [5, 5.41) is 2.73. The first-order valence-corrected chi connectivity index (χ1v) is 10.1. The molecule has 1 fully saturated rings. The van der Waals surface area contributed by atoms with Gasteiger partial charge in [0.1, 0.15) is 6.54 Å². The Bertz CT molecular complexity index is 777. The van der Waals surface area contributed by atoms with Crippen LogP contribution in [0.5, 0.6) is 5.75 Å². The van der Waals surface area contributed by atoms with Gasteiger partial charge in [0.25, 0.3) is 11.1 Å². The first-order valence-electron chi connectivity index (χ1n) is 8.50. The van der Waals surface area contributed by atoms with E-state index in [1.54, 1.807) is 19.2 Å². The van der Waals surface area contributed by atoms with Crippen LogP contribution < -0.4 is 10.1 Å². The van der Waals surface area contributed by atoms with E-state index in [1.807, 2.05) is 6.92 Å². The van der Waals surface area contributed by atoms with Crippen LogP contribution in [0.1, 0.15) is 18.9 Å². The Hall–Kier alpha value is -1.74. The molecule has 0 unspecified atom stereocenters. The van der Waals surface area contributed by atoms with E-state index in [2.05, 4.69) is 5.32 Å². The summed E-state index contributed by atoms with van der Waals surface area (Å²) >= 11 is 13.1. The zero-order chi connectivity index (χ0) is 20.7. The van der Waals surface area contributed by atoms with Crippen LogP contribution in [-0.4, -0.2) is 55.4 Å². The molecule has 0 aromatic heterocycles. The number of nitrogens with one attached hydrogen (secondary N) is 1. The van der Waals surface area contributed by atoms with Crippen molar-refractivity contribution in [1.29, 1.82) is 0 Å². The third-order valence-corrected chi connectivity index (χ3v) is 5.10. The molecular formula is C18H20Cl2N2O5S. The number of hydrogen-bond acceptors (Lipinski definition) is 6. The van der Waals surface area contributed by atoms with Gasteiger partial charge in [-0.15, -0.1) is 0 Å². The molecule has 0 aliphatic carbocycles. The molecule has 28 heavy (non-hydrogen) atoms. The third kappa shape index (κ3) is 5.88. The number of halogens is 2. The van der Waals surface area contributed by atoms with Crippen LogP contribution in [0.15, 0.2) is 17.0 Å². The lowest BCUT2D eigenvalue weighted by molar-refractivity contribution is -0.129. The molecule has 1 aromatic carbocycles. The number of imide groups is 1. The maximum atomic E-state index is 12.5. The van der Waals surface area contributed by atoms with Crippen molar-refractivity contribution in [3.63, 3.8) is 0 Å². The molecule has 2 rings (SSSR count). The van der Waals surface area contributed by atoms with E-state index >= 15 is 0 Å². The highest BCUT2D eigenvalue weighted by Crippen LogP contribution is 2.37. The van der Waals surface area contributed by atoms with Gasteiger partial charge in [-0.25, -0.2) is 0 Å². The van der Waals surface area contributed by atoms with Gasteiger partial charge in [-0.1, -0.05) is 23.2 Å². The Kier molecular flexibility index (Phi) is 8.62. The fourth-order valence-electron chi connectivity index (χ4n) is 2.38. The van der Waals surface area contributed by atoms with Crippen LogP contribution in [0.3, 0.4) is 0 Å². The van der Waals surface area contributed by atoms with Crippen LogP contribution in [0, 0.1) is 0 Å². The van der Waals surface area contributed by atoms with Gasteiger partial charge in [0.15, 0.2) is 5.75 Å². The van der Waals surface area contributed by atoms with Gasteiger partial charge in [-0.2, -0.15) is 0 Å². The van der Waals surface area contributed by atoms with Gasteiger partial charge in [-0.05, 0) is 48.9 Å². The predicted octanol–water partition coefficient (Wildman–Crippen LogP) is 3.58. The summed E-state index contributed by atoms with van der Waals surface area (Å²) in [7, 11) is 1.57. The highest BCUT2D eigenvalue weighted by Gasteiger charge is 2.36. The van der Waals surface area contributed by atoms with Crippen molar-refractivity contribution < 1.29 is 23.9 Å². The minimum Gasteiger partial charge on any atom is -0.491 e. The number of benzene rings is 1. The van der Waals surface area contributed by atoms with Gasteiger partial charge in [0.2, 0.25) is 5.91 Å². The molecular weight excluding hydrogens is 427 g/mol. The van der Waals surface area contributed by atoms with Crippen LogP contribution in [0.4, 0.5) is 4.79 Å². The second kappa shape index (κ2) is 10.7. The second-order valence-corrected chi connectivity index (χ2v) is 7.52.